The average Bonchev–Trinajstić information content (AvgIpc) is 2.61. The molecule has 0 aliphatic carbocycles. The SMILES string of the molecule is O=C(C[n+]1c(C(=O)OC(Cl)(Cl)Cl)ccc2ccccc21)c1ccccc1. The minimum absolute atomic E-state index is 0.0599. The number of ether oxygens (including phenoxy) is 1. The van der Waals surface area contributed by atoms with E-state index in [0.717, 1.165) is 5.39 Å². The Morgan fingerprint density at radius 1 is 0.885 bits per heavy atom. The Kier molecular flexibility index (Phi) is 5.47. The molecule has 3 aromatic rings. The van der Waals surface area contributed by atoms with E-state index in [9.17, 15) is 9.59 Å². The average molecular weight is 410 g/mol. The largest absolute Gasteiger partial charge is 0.407 e. The Morgan fingerprint density at radius 2 is 1.54 bits per heavy atom. The molecule has 0 aliphatic rings. The van der Waals surface area contributed by atoms with Crippen LogP contribution in [0.4, 0.5) is 0 Å². The molecule has 1 heterocycles. The van der Waals surface area contributed by atoms with E-state index in [2.05, 4.69) is 0 Å². The van der Waals surface area contributed by atoms with Crippen LogP contribution in [0.25, 0.3) is 10.9 Å². The van der Waals surface area contributed by atoms with E-state index in [4.69, 9.17) is 39.5 Å². The normalized spacial score (nSPS) is 11.3. The highest BCUT2D eigenvalue weighted by Crippen LogP contribution is 2.28. The molecule has 132 valence electrons. The van der Waals surface area contributed by atoms with Gasteiger partial charge >= 0.3 is 9.95 Å². The molecule has 0 spiro atoms. The van der Waals surface area contributed by atoms with Gasteiger partial charge in [-0.25, -0.2) is 4.79 Å². The topological polar surface area (TPSA) is 47.2 Å². The number of alkyl halides is 3. The molecular formula is C19H13Cl3NO3+. The highest BCUT2D eigenvalue weighted by Gasteiger charge is 2.32. The van der Waals surface area contributed by atoms with Crippen LogP contribution in [0.2, 0.25) is 0 Å². The van der Waals surface area contributed by atoms with E-state index in [1.165, 1.54) is 0 Å². The van der Waals surface area contributed by atoms with E-state index in [1.807, 2.05) is 24.3 Å². The zero-order valence-electron chi connectivity index (χ0n) is 13.4. The van der Waals surface area contributed by atoms with Gasteiger partial charge in [-0.05, 0) is 46.9 Å². The molecule has 0 saturated carbocycles. The number of nitrogens with zero attached hydrogens (tertiary/aromatic N) is 1. The first-order valence-corrected chi connectivity index (χ1v) is 8.78. The summed E-state index contributed by atoms with van der Waals surface area (Å²) in [7, 11) is 0. The fourth-order valence-electron chi connectivity index (χ4n) is 2.63. The number of carbonyl (C=O) groups excluding carboxylic acids is 2. The first kappa shape index (κ1) is 18.6. The van der Waals surface area contributed by atoms with Crippen molar-refractivity contribution in [3.05, 3.63) is 78.0 Å². The van der Waals surface area contributed by atoms with Crippen LogP contribution in [0.5, 0.6) is 0 Å². The summed E-state index contributed by atoms with van der Waals surface area (Å²) in [6.07, 6.45) is 0. The highest BCUT2D eigenvalue weighted by atomic mass is 35.6. The lowest BCUT2D eigenvalue weighted by Gasteiger charge is -2.12. The van der Waals surface area contributed by atoms with Gasteiger partial charge in [-0.2, -0.15) is 4.57 Å². The van der Waals surface area contributed by atoms with Crippen molar-refractivity contribution in [3.63, 3.8) is 0 Å². The molecule has 0 amide bonds. The summed E-state index contributed by atoms with van der Waals surface area (Å²) in [4.78, 5) is 25.1. The maximum Gasteiger partial charge on any atom is 0.407 e. The summed E-state index contributed by atoms with van der Waals surface area (Å²) in [5, 5.41) is 0.860. The summed E-state index contributed by atoms with van der Waals surface area (Å²) < 4.78 is 4.19. The van der Waals surface area contributed by atoms with E-state index in [1.54, 1.807) is 47.0 Å². The van der Waals surface area contributed by atoms with Gasteiger partial charge in [-0.15, -0.1) is 0 Å². The van der Waals surface area contributed by atoms with Crippen LogP contribution in [-0.4, -0.2) is 15.7 Å². The van der Waals surface area contributed by atoms with Gasteiger partial charge in [0.25, 0.3) is 5.69 Å². The molecule has 0 aliphatic heterocycles. The van der Waals surface area contributed by atoms with Crippen molar-refractivity contribution in [2.24, 2.45) is 0 Å². The van der Waals surface area contributed by atoms with E-state index in [0.29, 0.717) is 11.1 Å². The Balaban J connectivity index is 2.07. The zero-order valence-corrected chi connectivity index (χ0v) is 15.6. The van der Waals surface area contributed by atoms with Crippen LogP contribution >= 0.6 is 34.8 Å². The first-order chi connectivity index (χ1) is 12.3. The van der Waals surface area contributed by atoms with E-state index < -0.39 is 9.95 Å². The number of Topliss-reactive ketones (excluding diaryl/α,β-unsaturated/α-hetero) is 1. The predicted octanol–water partition coefficient (Wildman–Crippen LogP) is 4.49. The van der Waals surface area contributed by atoms with Crippen LogP contribution in [0.15, 0.2) is 66.7 Å². The summed E-state index contributed by atoms with van der Waals surface area (Å²) in [5.41, 5.74) is 1.34. The lowest BCUT2D eigenvalue weighted by molar-refractivity contribution is -0.659. The molecule has 0 N–H and O–H groups in total. The number of hydrogen-bond acceptors (Lipinski definition) is 3. The Morgan fingerprint density at radius 3 is 2.23 bits per heavy atom. The number of carbonyl (C=O) groups is 2. The van der Waals surface area contributed by atoms with Gasteiger partial charge in [0, 0.05) is 23.1 Å². The summed E-state index contributed by atoms with van der Waals surface area (Å²) in [5.74, 6) is -0.994. The number of pyridine rings is 1. The van der Waals surface area contributed by atoms with Crippen LogP contribution in [0, 0.1) is 0 Å². The van der Waals surface area contributed by atoms with Crippen molar-refractivity contribution in [3.8, 4) is 0 Å². The van der Waals surface area contributed by atoms with Gasteiger partial charge in [0.15, 0.2) is 0 Å². The van der Waals surface area contributed by atoms with Crippen molar-refractivity contribution >= 4 is 57.5 Å². The second-order valence-electron chi connectivity index (χ2n) is 5.49. The second-order valence-corrected chi connectivity index (χ2v) is 7.67. The number of rotatable bonds is 4. The Hall–Kier alpha value is -2.14. The third-order valence-corrected chi connectivity index (χ3v) is 3.99. The maximum absolute atomic E-state index is 12.7. The van der Waals surface area contributed by atoms with E-state index >= 15 is 0 Å². The molecule has 2 aromatic carbocycles. The molecule has 0 fully saturated rings. The van der Waals surface area contributed by atoms with Gasteiger partial charge in [-0.3, -0.25) is 4.79 Å². The Bertz CT molecular complexity index is 969. The van der Waals surface area contributed by atoms with Crippen LogP contribution in [0.3, 0.4) is 0 Å². The van der Waals surface area contributed by atoms with Gasteiger partial charge in [0.05, 0.1) is 0 Å². The van der Waals surface area contributed by atoms with Crippen LogP contribution in [-0.2, 0) is 11.3 Å². The lowest BCUT2D eigenvalue weighted by atomic mass is 10.1. The fraction of sp³-hybridized carbons (Fsp3) is 0.105. The second kappa shape index (κ2) is 7.62. The van der Waals surface area contributed by atoms with Gasteiger partial charge in [0.1, 0.15) is 0 Å². The lowest BCUT2D eigenvalue weighted by Crippen LogP contribution is -2.45. The standard InChI is InChI=1S/C19H13Cl3NO3/c20-19(21,22)26-18(25)16-11-10-13-6-4-5-9-15(13)23(16)12-17(24)14-7-2-1-3-8-14/h1-11H,12H2/q+1. The van der Waals surface area contributed by atoms with Crippen molar-refractivity contribution < 1.29 is 18.9 Å². The predicted molar refractivity (Wildman–Crippen MR) is 101 cm³/mol. The third kappa shape index (κ3) is 4.33. The van der Waals surface area contributed by atoms with Crippen molar-refractivity contribution in [1.29, 1.82) is 0 Å². The maximum atomic E-state index is 12.7. The number of para-hydroxylation sites is 1. The molecule has 4 nitrogen and oxygen atoms in total. The van der Waals surface area contributed by atoms with Crippen LogP contribution < -0.4 is 4.57 Å². The summed E-state index contributed by atoms with van der Waals surface area (Å²) in [6.45, 7) is -0.0599. The molecule has 7 heteroatoms. The molecule has 0 saturated heterocycles. The fourth-order valence-corrected chi connectivity index (χ4v) is 2.84. The Labute approximate surface area is 164 Å². The van der Waals surface area contributed by atoms with Gasteiger partial charge < -0.3 is 4.74 Å². The van der Waals surface area contributed by atoms with Crippen LogP contribution in [0.1, 0.15) is 20.8 Å². The number of benzene rings is 2. The molecule has 0 atom stereocenters. The highest BCUT2D eigenvalue weighted by molar-refractivity contribution is 6.66. The van der Waals surface area contributed by atoms with Crippen molar-refractivity contribution in [2.75, 3.05) is 0 Å². The van der Waals surface area contributed by atoms with Gasteiger partial charge in [-0.1, -0.05) is 42.5 Å². The molecule has 0 radical (unpaired) electrons. The summed E-state index contributed by atoms with van der Waals surface area (Å²) >= 11 is 16.7. The zero-order chi connectivity index (χ0) is 18.7. The molecule has 26 heavy (non-hydrogen) atoms. The van der Waals surface area contributed by atoms with E-state index in [-0.39, 0.29) is 18.0 Å². The number of halogens is 3. The van der Waals surface area contributed by atoms with Crippen molar-refractivity contribution in [2.45, 2.75) is 10.5 Å². The monoisotopic (exact) mass is 408 g/mol. The number of hydrogen-bond donors (Lipinski definition) is 0. The first-order valence-electron chi connectivity index (χ1n) is 7.65. The third-order valence-electron chi connectivity index (χ3n) is 3.75. The number of fused-ring (bicyclic) bond motifs is 1. The molecule has 0 unspecified atom stereocenters. The van der Waals surface area contributed by atoms with Gasteiger partial charge in [0.2, 0.25) is 17.8 Å². The summed E-state index contributed by atoms with van der Waals surface area (Å²) in [6, 6.07) is 19.5. The quantitative estimate of drug-likeness (QED) is 0.276. The number of aromatic nitrogens is 1. The minimum Gasteiger partial charge on any atom is -0.406 e. The smallest absolute Gasteiger partial charge is 0.406 e. The number of ketones is 1. The minimum atomic E-state index is -2.19. The molecule has 0 bridgehead atoms. The molecule has 3 rings (SSSR count). The molecular weight excluding hydrogens is 397 g/mol. The van der Waals surface area contributed by atoms with Crippen molar-refractivity contribution in [1.82, 2.24) is 0 Å². The number of esters is 1. The molecule has 1 aromatic heterocycles.